The second kappa shape index (κ2) is 8.67. The van der Waals surface area contributed by atoms with Crippen LogP contribution in [-0.4, -0.2) is 25.3 Å². The number of hydrogen-bond acceptors (Lipinski definition) is 5. The Kier molecular flexibility index (Phi) is 6.06. The topological polar surface area (TPSA) is 65.0 Å². The number of phenols is 1. The highest BCUT2D eigenvalue weighted by molar-refractivity contribution is 6.33. The molecule has 5 nitrogen and oxygen atoms in total. The van der Waals surface area contributed by atoms with Gasteiger partial charge in [0, 0.05) is 5.56 Å². The Morgan fingerprint density at radius 2 is 1.64 bits per heavy atom. The van der Waals surface area contributed by atoms with E-state index in [0.29, 0.717) is 11.3 Å². The smallest absolute Gasteiger partial charge is 0.341 e. The van der Waals surface area contributed by atoms with Crippen molar-refractivity contribution in [2.24, 2.45) is 0 Å². The zero-order chi connectivity index (χ0) is 20.1. The Hall–Kier alpha value is -3.18. The summed E-state index contributed by atoms with van der Waals surface area (Å²) in [6.45, 7) is 0.0875. The maximum absolute atomic E-state index is 11.9. The minimum absolute atomic E-state index is 0.00240. The molecule has 0 aliphatic rings. The fourth-order valence-electron chi connectivity index (χ4n) is 2.77. The van der Waals surface area contributed by atoms with Crippen molar-refractivity contribution in [3.63, 3.8) is 0 Å². The molecule has 1 N–H and O–H groups in total. The van der Waals surface area contributed by atoms with Crippen LogP contribution in [0.4, 0.5) is 0 Å². The molecule has 0 saturated carbocycles. The minimum Gasteiger partial charge on any atom is -0.504 e. The summed E-state index contributed by atoms with van der Waals surface area (Å²) < 4.78 is 15.6. The van der Waals surface area contributed by atoms with Crippen LogP contribution >= 0.6 is 11.6 Å². The van der Waals surface area contributed by atoms with Crippen LogP contribution < -0.4 is 9.47 Å². The lowest BCUT2D eigenvalue weighted by molar-refractivity contribution is 0.0596. The molecule has 0 saturated heterocycles. The van der Waals surface area contributed by atoms with E-state index in [2.05, 4.69) is 0 Å². The van der Waals surface area contributed by atoms with E-state index in [0.717, 1.165) is 11.1 Å². The molecule has 3 rings (SSSR count). The predicted molar refractivity (Wildman–Crippen MR) is 107 cm³/mol. The van der Waals surface area contributed by atoms with Gasteiger partial charge < -0.3 is 19.3 Å². The summed E-state index contributed by atoms with van der Waals surface area (Å²) >= 11 is 6.29. The maximum atomic E-state index is 11.9. The number of ether oxygens (including phenoxy) is 3. The van der Waals surface area contributed by atoms with Crippen LogP contribution in [0.25, 0.3) is 11.1 Å². The van der Waals surface area contributed by atoms with Gasteiger partial charge in [-0.1, -0.05) is 54.1 Å². The van der Waals surface area contributed by atoms with Gasteiger partial charge in [0.05, 0.1) is 19.2 Å². The monoisotopic (exact) mass is 398 g/mol. The number of benzene rings is 3. The molecular formula is C22H19ClO5. The molecule has 6 heteroatoms. The van der Waals surface area contributed by atoms with Gasteiger partial charge in [0.1, 0.15) is 17.9 Å². The van der Waals surface area contributed by atoms with Gasteiger partial charge in [0.25, 0.3) is 0 Å². The highest BCUT2D eigenvalue weighted by Gasteiger charge is 2.22. The van der Waals surface area contributed by atoms with Gasteiger partial charge in [-0.2, -0.15) is 0 Å². The average Bonchev–Trinajstić information content (AvgIpc) is 2.74. The second-order valence-corrected chi connectivity index (χ2v) is 6.33. The van der Waals surface area contributed by atoms with Crippen LogP contribution in [0.15, 0.2) is 60.7 Å². The molecule has 0 bridgehead atoms. The molecule has 3 aromatic rings. The van der Waals surface area contributed by atoms with Crippen LogP contribution in [0.3, 0.4) is 0 Å². The van der Waals surface area contributed by atoms with E-state index in [-0.39, 0.29) is 28.7 Å². The number of esters is 1. The third-order valence-electron chi connectivity index (χ3n) is 4.24. The molecule has 0 amide bonds. The predicted octanol–water partition coefficient (Wildman–Crippen LogP) is 5.09. The zero-order valence-electron chi connectivity index (χ0n) is 15.4. The number of aromatic hydroxyl groups is 1. The van der Waals surface area contributed by atoms with Crippen molar-refractivity contribution >= 4 is 17.6 Å². The van der Waals surface area contributed by atoms with Gasteiger partial charge in [0.15, 0.2) is 11.5 Å². The highest BCUT2D eigenvalue weighted by Crippen LogP contribution is 2.40. The Balaban J connectivity index is 1.81. The molecule has 0 atom stereocenters. The Morgan fingerprint density at radius 3 is 2.25 bits per heavy atom. The summed E-state index contributed by atoms with van der Waals surface area (Å²) in [7, 11) is 2.59. The third-order valence-corrected chi connectivity index (χ3v) is 4.65. The lowest BCUT2D eigenvalue weighted by atomic mass is 10.1. The van der Waals surface area contributed by atoms with Crippen molar-refractivity contribution < 1.29 is 24.1 Å². The zero-order valence-corrected chi connectivity index (χ0v) is 16.2. The highest BCUT2D eigenvalue weighted by atomic mass is 35.5. The Bertz CT molecular complexity index is 968. The minimum atomic E-state index is -0.694. The molecule has 0 spiro atoms. The normalized spacial score (nSPS) is 10.4. The third kappa shape index (κ3) is 4.05. The number of halogens is 1. The van der Waals surface area contributed by atoms with Crippen LogP contribution in [-0.2, 0) is 11.3 Å². The molecule has 28 heavy (non-hydrogen) atoms. The van der Waals surface area contributed by atoms with Crippen LogP contribution in [0.5, 0.6) is 17.2 Å². The molecule has 0 aliphatic carbocycles. The number of methoxy groups -OCH3 is 2. The maximum Gasteiger partial charge on any atom is 0.341 e. The molecule has 0 aliphatic heterocycles. The van der Waals surface area contributed by atoms with Gasteiger partial charge in [-0.05, 0) is 29.3 Å². The van der Waals surface area contributed by atoms with Gasteiger partial charge in [0.2, 0.25) is 0 Å². The van der Waals surface area contributed by atoms with Gasteiger partial charge in [-0.15, -0.1) is 0 Å². The summed E-state index contributed by atoms with van der Waals surface area (Å²) in [5.41, 5.74) is 2.64. The lowest BCUT2D eigenvalue weighted by Crippen LogP contribution is -2.06. The molecule has 0 radical (unpaired) electrons. The van der Waals surface area contributed by atoms with Crippen molar-refractivity contribution in [3.8, 4) is 28.4 Å². The van der Waals surface area contributed by atoms with E-state index in [4.69, 9.17) is 25.8 Å². The van der Waals surface area contributed by atoms with E-state index in [1.54, 1.807) is 0 Å². The van der Waals surface area contributed by atoms with E-state index in [1.165, 1.54) is 20.3 Å². The van der Waals surface area contributed by atoms with Crippen molar-refractivity contribution in [2.75, 3.05) is 14.2 Å². The molecular weight excluding hydrogens is 380 g/mol. The van der Waals surface area contributed by atoms with Gasteiger partial charge >= 0.3 is 5.97 Å². The van der Waals surface area contributed by atoms with Crippen molar-refractivity contribution in [1.29, 1.82) is 0 Å². The summed E-state index contributed by atoms with van der Waals surface area (Å²) in [6, 6.07) is 19.1. The van der Waals surface area contributed by atoms with E-state index < -0.39 is 5.97 Å². The fraction of sp³-hybridized carbons (Fsp3) is 0.136. The van der Waals surface area contributed by atoms with Gasteiger partial charge in [-0.25, -0.2) is 4.79 Å². The quantitative estimate of drug-likeness (QED) is 0.586. The summed E-state index contributed by atoms with van der Waals surface area (Å²) in [4.78, 5) is 11.9. The Labute approximate surface area is 168 Å². The molecule has 0 unspecified atom stereocenters. The number of phenolic OH excluding ortho intramolecular Hbond substituents is 1. The van der Waals surface area contributed by atoms with Crippen molar-refractivity contribution in [1.82, 2.24) is 0 Å². The summed E-state index contributed by atoms with van der Waals surface area (Å²) in [5, 5.41) is 10.3. The van der Waals surface area contributed by atoms with E-state index >= 15 is 0 Å². The first-order chi connectivity index (χ1) is 13.5. The molecule has 0 aromatic heterocycles. The molecule has 144 valence electrons. The van der Waals surface area contributed by atoms with Crippen LogP contribution in [0, 0.1) is 0 Å². The first kappa shape index (κ1) is 19.6. The number of rotatable bonds is 6. The lowest BCUT2D eigenvalue weighted by Gasteiger charge is -2.14. The molecule has 0 heterocycles. The average molecular weight is 399 g/mol. The first-order valence-corrected chi connectivity index (χ1v) is 8.88. The van der Waals surface area contributed by atoms with Gasteiger partial charge in [-0.3, -0.25) is 0 Å². The van der Waals surface area contributed by atoms with Crippen molar-refractivity contribution in [3.05, 3.63) is 76.8 Å². The molecule has 3 aromatic carbocycles. The Morgan fingerprint density at radius 1 is 1.00 bits per heavy atom. The van der Waals surface area contributed by atoms with Crippen LogP contribution in [0.2, 0.25) is 5.02 Å². The summed E-state index contributed by atoms with van der Waals surface area (Å²) in [6.07, 6.45) is 0. The molecule has 0 fully saturated rings. The van der Waals surface area contributed by atoms with E-state index in [9.17, 15) is 9.90 Å². The van der Waals surface area contributed by atoms with Crippen LogP contribution in [0.1, 0.15) is 15.9 Å². The number of carbonyl (C=O) groups excluding carboxylic acids is 1. The SMILES string of the molecule is COC(=O)c1cc(COc2ccc(-c3ccccc3)cc2)c(Cl)c(OC)c1O. The van der Waals surface area contributed by atoms with Crippen molar-refractivity contribution in [2.45, 2.75) is 6.61 Å². The number of hydrogen-bond donors (Lipinski definition) is 1. The van der Waals surface area contributed by atoms with E-state index in [1.807, 2.05) is 54.6 Å². The summed E-state index contributed by atoms with van der Waals surface area (Å²) in [5.74, 6) is -0.416. The second-order valence-electron chi connectivity index (χ2n) is 5.95. The largest absolute Gasteiger partial charge is 0.504 e. The standard InChI is InChI=1S/C22H19ClO5/c1-26-21-19(23)16(12-18(20(21)24)22(25)27-2)13-28-17-10-8-15(9-11-17)14-6-4-3-5-7-14/h3-12,24H,13H2,1-2H3. The number of carbonyl (C=O) groups is 1. The fourth-order valence-corrected chi connectivity index (χ4v) is 3.05. The first-order valence-electron chi connectivity index (χ1n) is 8.50.